The lowest BCUT2D eigenvalue weighted by atomic mass is 10.2. The molecule has 1 aromatic carbocycles. The number of H-pyrrole nitrogens is 2. The second-order valence-corrected chi connectivity index (χ2v) is 4.21. The van der Waals surface area contributed by atoms with Crippen LogP contribution in [-0.4, -0.2) is 51.1 Å². The number of nitro benzene ring substituents is 2. The predicted molar refractivity (Wildman–Crippen MR) is 74.6 cm³/mol. The summed E-state index contributed by atoms with van der Waals surface area (Å²) in [6, 6.07) is 0.563. The minimum Gasteiger partial charge on any atom is -0.313 e. The summed E-state index contributed by atoms with van der Waals surface area (Å²) in [5, 5.41) is 51.2. The van der Waals surface area contributed by atoms with E-state index in [1.54, 1.807) is 0 Å². The third kappa shape index (κ3) is 2.95. The van der Waals surface area contributed by atoms with Crippen LogP contribution >= 0.6 is 0 Å². The lowest BCUT2D eigenvalue weighted by Crippen LogP contribution is -2.07. The molecule has 2 aromatic heterocycles. The molecule has 3 aromatic rings. The Hall–Kier alpha value is -4.31. The zero-order valence-corrected chi connectivity index (χ0v) is 11.7. The van der Waals surface area contributed by atoms with Gasteiger partial charge >= 0.3 is 11.4 Å². The number of aromatic nitrogens is 8. The molecule has 0 saturated heterocycles. The zero-order valence-electron chi connectivity index (χ0n) is 11.7. The highest BCUT2D eigenvalue weighted by Crippen LogP contribution is 2.41. The van der Waals surface area contributed by atoms with Gasteiger partial charge in [-0.05, 0) is 10.4 Å². The minimum atomic E-state index is -1.35. The highest BCUT2D eigenvalue weighted by molar-refractivity contribution is 5.81. The van der Waals surface area contributed by atoms with Gasteiger partial charge in [0.05, 0.1) is 15.9 Å². The predicted octanol–water partition coefficient (Wildman–Crippen LogP) is 0.155. The Morgan fingerprint density at radius 2 is 1.36 bits per heavy atom. The normalized spacial score (nSPS) is 10.4. The number of benzene rings is 1. The van der Waals surface area contributed by atoms with Crippen LogP contribution < -0.4 is 10.6 Å². The van der Waals surface area contributed by atoms with E-state index in [-0.39, 0.29) is 11.9 Å². The summed E-state index contributed by atoms with van der Waals surface area (Å²) in [6.45, 7) is 0. The van der Waals surface area contributed by atoms with Crippen LogP contribution in [0.4, 0.5) is 39.0 Å². The van der Waals surface area contributed by atoms with Crippen molar-refractivity contribution in [1.82, 2.24) is 41.2 Å². The van der Waals surface area contributed by atoms with Gasteiger partial charge in [0.15, 0.2) is 17.2 Å². The maximum Gasteiger partial charge on any atom is 0.302 e. The van der Waals surface area contributed by atoms with E-state index in [1.807, 2.05) is 0 Å². The van der Waals surface area contributed by atoms with Gasteiger partial charge in [-0.25, -0.2) is 4.39 Å². The standard InChI is InChI=1S/C8H5FN12O4/c9-4-5(10-7-12-16-17-13-7)2(20(22)23)1-3(21(24)25)6(4)11-8-14-18-19-15-8/h1H,(H2,10,12,13,16,17)(H2,11,14,15,18,19). The molecule has 0 bridgehead atoms. The van der Waals surface area contributed by atoms with Gasteiger partial charge in [-0.15, -0.1) is 10.2 Å². The molecule has 0 aliphatic carbocycles. The van der Waals surface area contributed by atoms with Crippen molar-refractivity contribution >= 4 is 34.6 Å². The van der Waals surface area contributed by atoms with Crippen LogP contribution in [0.2, 0.25) is 0 Å². The topological polar surface area (TPSA) is 219 Å². The zero-order chi connectivity index (χ0) is 18.0. The molecule has 17 heteroatoms. The van der Waals surface area contributed by atoms with Crippen LogP contribution in [0.1, 0.15) is 0 Å². The largest absolute Gasteiger partial charge is 0.313 e. The average molecular weight is 352 g/mol. The first-order chi connectivity index (χ1) is 12.0. The fourth-order valence-corrected chi connectivity index (χ4v) is 1.80. The van der Waals surface area contributed by atoms with Crippen LogP contribution in [-0.2, 0) is 0 Å². The quantitative estimate of drug-likeness (QED) is 0.344. The molecule has 0 saturated carbocycles. The number of anilines is 4. The van der Waals surface area contributed by atoms with Crippen molar-refractivity contribution in [3.05, 3.63) is 32.1 Å². The number of nitrogens with zero attached hydrogens (tertiary/aromatic N) is 8. The van der Waals surface area contributed by atoms with E-state index in [4.69, 9.17) is 0 Å². The molecule has 4 N–H and O–H groups in total. The van der Waals surface area contributed by atoms with Crippen molar-refractivity contribution in [2.24, 2.45) is 0 Å². The highest BCUT2D eigenvalue weighted by atomic mass is 19.1. The number of nitro groups is 2. The van der Waals surface area contributed by atoms with Gasteiger partial charge in [0.2, 0.25) is 0 Å². The highest BCUT2D eigenvalue weighted by Gasteiger charge is 2.32. The molecule has 16 nitrogen and oxygen atoms in total. The van der Waals surface area contributed by atoms with Crippen LogP contribution in [0.5, 0.6) is 0 Å². The molecule has 0 atom stereocenters. The van der Waals surface area contributed by atoms with Gasteiger partial charge in [-0.1, -0.05) is 10.2 Å². The second kappa shape index (κ2) is 6.06. The molecule has 3 rings (SSSR count). The number of aromatic amines is 2. The maximum absolute atomic E-state index is 14.8. The number of hydrogen-bond acceptors (Lipinski definition) is 12. The van der Waals surface area contributed by atoms with Crippen LogP contribution in [0, 0.1) is 26.0 Å². The van der Waals surface area contributed by atoms with Crippen LogP contribution in [0.25, 0.3) is 0 Å². The molecule has 0 aliphatic heterocycles. The van der Waals surface area contributed by atoms with Gasteiger partial charge in [0.25, 0.3) is 11.9 Å². The first kappa shape index (κ1) is 15.6. The third-order valence-corrected chi connectivity index (χ3v) is 2.78. The third-order valence-electron chi connectivity index (χ3n) is 2.78. The summed E-state index contributed by atoms with van der Waals surface area (Å²) >= 11 is 0. The fourth-order valence-electron chi connectivity index (χ4n) is 1.80. The molecule has 2 heterocycles. The Morgan fingerprint density at radius 1 is 0.920 bits per heavy atom. The number of tetrazole rings is 2. The van der Waals surface area contributed by atoms with E-state index >= 15 is 0 Å². The second-order valence-electron chi connectivity index (χ2n) is 4.21. The summed E-state index contributed by atoms with van der Waals surface area (Å²) < 4.78 is 14.8. The molecule has 128 valence electrons. The monoisotopic (exact) mass is 352 g/mol. The number of rotatable bonds is 6. The molecular formula is C8H5FN12O4. The van der Waals surface area contributed by atoms with E-state index in [0.29, 0.717) is 6.07 Å². The van der Waals surface area contributed by atoms with Crippen molar-refractivity contribution in [2.75, 3.05) is 10.6 Å². The van der Waals surface area contributed by atoms with Crippen molar-refractivity contribution in [1.29, 1.82) is 0 Å². The first-order valence-corrected chi connectivity index (χ1v) is 6.13. The van der Waals surface area contributed by atoms with Crippen molar-refractivity contribution in [3.8, 4) is 0 Å². The summed E-state index contributed by atoms with van der Waals surface area (Å²) in [5.74, 6) is -1.93. The molecule has 0 spiro atoms. The Labute approximate surface area is 134 Å². The number of hydrogen-bond donors (Lipinski definition) is 4. The van der Waals surface area contributed by atoms with Gasteiger partial charge in [-0.3, -0.25) is 20.2 Å². The molecule has 0 amide bonds. The van der Waals surface area contributed by atoms with Gasteiger partial charge < -0.3 is 10.6 Å². The smallest absolute Gasteiger partial charge is 0.302 e. The van der Waals surface area contributed by atoms with Crippen molar-refractivity contribution < 1.29 is 14.2 Å². The van der Waals surface area contributed by atoms with E-state index < -0.39 is 38.4 Å². The van der Waals surface area contributed by atoms with Crippen LogP contribution in [0.3, 0.4) is 0 Å². The van der Waals surface area contributed by atoms with E-state index in [0.717, 1.165) is 0 Å². The summed E-state index contributed by atoms with van der Waals surface area (Å²) in [7, 11) is 0. The Bertz CT molecular complexity index is 853. The molecule has 0 unspecified atom stereocenters. The van der Waals surface area contributed by atoms with E-state index in [1.165, 1.54) is 0 Å². The molecule has 0 radical (unpaired) electrons. The Morgan fingerprint density at radius 3 is 1.68 bits per heavy atom. The van der Waals surface area contributed by atoms with Crippen molar-refractivity contribution in [3.63, 3.8) is 0 Å². The fraction of sp³-hybridized carbons (Fsp3) is 0. The average Bonchev–Trinajstić information content (AvgIpc) is 3.24. The van der Waals surface area contributed by atoms with E-state index in [2.05, 4.69) is 51.9 Å². The Balaban J connectivity index is 2.18. The van der Waals surface area contributed by atoms with Gasteiger partial charge in [0.1, 0.15) is 0 Å². The summed E-state index contributed by atoms with van der Waals surface area (Å²) in [4.78, 5) is 20.3. The summed E-state index contributed by atoms with van der Waals surface area (Å²) in [5.41, 5.74) is -3.26. The minimum absolute atomic E-state index is 0.290. The Kier molecular flexibility index (Phi) is 3.78. The molecular weight excluding hydrogens is 347 g/mol. The summed E-state index contributed by atoms with van der Waals surface area (Å²) in [6.07, 6.45) is 0. The molecule has 0 aliphatic rings. The number of nitrogens with one attached hydrogen (secondary N) is 4. The molecule has 0 fully saturated rings. The molecule has 25 heavy (non-hydrogen) atoms. The lowest BCUT2D eigenvalue weighted by Gasteiger charge is -2.10. The van der Waals surface area contributed by atoms with Gasteiger partial charge in [0, 0.05) is 0 Å². The van der Waals surface area contributed by atoms with Crippen molar-refractivity contribution in [2.45, 2.75) is 0 Å². The number of halogens is 1. The lowest BCUT2D eigenvalue weighted by molar-refractivity contribution is -0.393. The maximum atomic E-state index is 14.8. The van der Waals surface area contributed by atoms with Gasteiger partial charge in [-0.2, -0.15) is 10.4 Å². The van der Waals surface area contributed by atoms with Crippen LogP contribution in [0.15, 0.2) is 6.07 Å². The van der Waals surface area contributed by atoms with E-state index in [9.17, 15) is 24.6 Å². The first-order valence-electron chi connectivity index (χ1n) is 6.13. The SMILES string of the molecule is O=[N+]([O-])c1cc([N+](=O)[O-])c(Nc2nn[nH]n2)c(F)c1Nc1nn[nH]n1.